The topological polar surface area (TPSA) is 152 Å². The minimum absolute atomic E-state index is 0.0231. The number of thioether (sulfide) groups is 1. The highest BCUT2D eigenvalue weighted by molar-refractivity contribution is 7.99. The zero-order valence-electron chi connectivity index (χ0n) is 18.1. The Bertz CT molecular complexity index is 1210. The third-order valence-corrected chi connectivity index (χ3v) is 5.69. The van der Waals surface area contributed by atoms with E-state index in [1.807, 2.05) is 19.1 Å². The molecule has 3 rings (SSSR count). The van der Waals surface area contributed by atoms with Gasteiger partial charge < -0.3 is 20.3 Å². The first-order valence-electron chi connectivity index (χ1n) is 9.82. The third kappa shape index (κ3) is 5.86. The number of hydrogen-bond acceptors (Lipinski definition) is 8. The molecule has 0 spiro atoms. The summed E-state index contributed by atoms with van der Waals surface area (Å²) < 4.78 is 1.69. The van der Waals surface area contributed by atoms with Crippen LogP contribution < -0.4 is 10.6 Å². The van der Waals surface area contributed by atoms with Crippen molar-refractivity contribution in [3.8, 4) is 5.75 Å². The number of carbonyl (C=O) groups excluding carboxylic acids is 2. The molecular formula is C21H22N6O5S. The summed E-state index contributed by atoms with van der Waals surface area (Å²) in [6.07, 6.45) is 0. The van der Waals surface area contributed by atoms with E-state index in [9.17, 15) is 24.8 Å². The summed E-state index contributed by atoms with van der Waals surface area (Å²) >= 11 is 1.12. The molecule has 12 heteroatoms. The lowest BCUT2D eigenvalue weighted by molar-refractivity contribution is -0.385. The van der Waals surface area contributed by atoms with Gasteiger partial charge in [0, 0.05) is 24.4 Å². The Morgan fingerprint density at radius 1 is 1.24 bits per heavy atom. The molecule has 0 aliphatic heterocycles. The Balaban J connectivity index is 1.59. The van der Waals surface area contributed by atoms with Crippen molar-refractivity contribution in [1.29, 1.82) is 0 Å². The smallest absolute Gasteiger partial charge is 0.312 e. The van der Waals surface area contributed by atoms with Crippen LogP contribution >= 0.6 is 11.8 Å². The number of anilines is 1. The quantitative estimate of drug-likeness (QED) is 0.197. The molecule has 2 amide bonds. The maximum Gasteiger partial charge on any atom is 0.312 e. The number of nitro groups is 1. The van der Waals surface area contributed by atoms with Crippen molar-refractivity contribution in [1.82, 2.24) is 20.1 Å². The number of phenols is 1. The lowest BCUT2D eigenvalue weighted by Crippen LogP contribution is -2.28. The van der Waals surface area contributed by atoms with Gasteiger partial charge in [0.05, 0.1) is 16.7 Å². The summed E-state index contributed by atoms with van der Waals surface area (Å²) in [6, 6.07) is 10.4. The molecule has 172 valence electrons. The van der Waals surface area contributed by atoms with E-state index >= 15 is 0 Å². The van der Waals surface area contributed by atoms with Crippen LogP contribution in [0.2, 0.25) is 0 Å². The third-order valence-electron chi connectivity index (χ3n) is 4.67. The predicted octanol–water partition coefficient (Wildman–Crippen LogP) is 2.96. The fraction of sp³-hybridized carbons (Fsp3) is 0.238. The molecule has 11 nitrogen and oxygen atoms in total. The highest BCUT2D eigenvalue weighted by Gasteiger charge is 2.20. The second-order valence-electron chi connectivity index (χ2n) is 7.26. The standard InChI is InChI=1S/C21H22N6O5S/c1-12-5-4-6-14(9-12)20(30)22-13(2)19-24-25-21(26(19)3)33-11-18(29)23-15-7-8-17(28)16(10-15)27(31)32/h4-10,13,28H,11H2,1-3H3,(H,22,30)(H,23,29)/t13-/m0/s1. The largest absolute Gasteiger partial charge is 0.502 e. The molecule has 2 aromatic carbocycles. The second-order valence-corrected chi connectivity index (χ2v) is 8.20. The Morgan fingerprint density at radius 3 is 2.70 bits per heavy atom. The summed E-state index contributed by atoms with van der Waals surface area (Å²) in [7, 11) is 1.73. The number of nitrogens with zero attached hydrogens (tertiary/aromatic N) is 4. The number of aryl methyl sites for hydroxylation is 1. The van der Waals surface area contributed by atoms with E-state index in [1.54, 1.807) is 30.7 Å². The van der Waals surface area contributed by atoms with Crippen LogP contribution in [0.15, 0.2) is 47.6 Å². The summed E-state index contributed by atoms with van der Waals surface area (Å²) in [5.74, 6) is -0.628. The lowest BCUT2D eigenvalue weighted by atomic mass is 10.1. The van der Waals surface area contributed by atoms with Gasteiger partial charge in [-0.2, -0.15) is 0 Å². The van der Waals surface area contributed by atoms with Crippen LogP contribution in [0.25, 0.3) is 0 Å². The molecule has 1 heterocycles. The number of rotatable bonds is 8. The molecular weight excluding hydrogens is 448 g/mol. The molecule has 0 radical (unpaired) electrons. The van der Waals surface area contributed by atoms with Crippen molar-refractivity contribution in [3.63, 3.8) is 0 Å². The van der Waals surface area contributed by atoms with Crippen molar-refractivity contribution in [3.05, 3.63) is 69.5 Å². The van der Waals surface area contributed by atoms with E-state index in [0.29, 0.717) is 16.5 Å². The van der Waals surface area contributed by atoms with Crippen LogP contribution in [0.4, 0.5) is 11.4 Å². The summed E-state index contributed by atoms with van der Waals surface area (Å²) in [6.45, 7) is 3.70. The van der Waals surface area contributed by atoms with Gasteiger partial charge in [-0.05, 0) is 38.1 Å². The molecule has 0 saturated heterocycles. The number of aromatic hydroxyl groups is 1. The molecule has 3 N–H and O–H groups in total. The van der Waals surface area contributed by atoms with Crippen molar-refractivity contribution in [2.45, 2.75) is 25.0 Å². The Hall–Kier alpha value is -3.93. The molecule has 1 atom stereocenters. The first-order chi connectivity index (χ1) is 15.7. The van der Waals surface area contributed by atoms with Crippen LogP contribution in [-0.2, 0) is 11.8 Å². The maximum atomic E-state index is 12.5. The average Bonchev–Trinajstić information content (AvgIpc) is 3.13. The van der Waals surface area contributed by atoms with E-state index in [0.717, 1.165) is 29.5 Å². The van der Waals surface area contributed by atoms with Gasteiger partial charge in [-0.25, -0.2) is 0 Å². The number of aromatic nitrogens is 3. The number of hydrogen-bond donors (Lipinski definition) is 3. The Kier molecular flexibility index (Phi) is 7.28. The van der Waals surface area contributed by atoms with E-state index in [2.05, 4.69) is 20.8 Å². The summed E-state index contributed by atoms with van der Waals surface area (Å²) in [5.41, 5.74) is 1.22. The Labute approximate surface area is 193 Å². The number of phenolic OH excluding ortho intramolecular Hbond substituents is 1. The SMILES string of the molecule is Cc1cccc(C(=O)N[C@@H](C)c2nnc(SCC(=O)Nc3ccc(O)c([N+](=O)[O-])c3)n2C)c1. The number of nitrogens with one attached hydrogen (secondary N) is 2. The number of benzene rings is 2. The van der Waals surface area contributed by atoms with Gasteiger partial charge in [0.2, 0.25) is 5.91 Å². The molecule has 0 unspecified atom stereocenters. The molecule has 1 aromatic heterocycles. The van der Waals surface area contributed by atoms with Crippen LogP contribution in [0.1, 0.15) is 34.7 Å². The van der Waals surface area contributed by atoms with Crippen molar-refractivity contribution >= 4 is 35.0 Å². The molecule has 0 bridgehead atoms. The van der Waals surface area contributed by atoms with Gasteiger partial charge in [-0.15, -0.1) is 10.2 Å². The molecule has 3 aromatic rings. The van der Waals surface area contributed by atoms with E-state index < -0.39 is 28.3 Å². The van der Waals surface area contributed by atoms with Crippen molar-refractivity contribution in [2.75, 3.05) is 11.1 Å². The van der Waals surface area contributed by atoms with Gasteiger partial charge in [0.15, 0.2) is 16.7 Å². The first kappa shape index (κ1) is 23.7. The van der Waals surface area contributed by atoms with Gasteiger partial charge in [-0.1, -0.05) is 29.5 Å². The lowest BCUT2D eigenvalue weighted by Gasteiger charge is -2.14. The van der Waals surface area contributed by atoms with Gasteiger partial charge in [0.25, 0.3) is 5.91 Å². The highest BCUT2D eigenvalue weighted by Crippen LogP contribution is 2.28. The fourth-order valence-corrected chi connectivity index (χ4v) is 3.75. The zero-order chi connectivity index (χ0) is 24.1. The van der Waals surface area contributed by atoms with E-state index in [4.69, 9.17) is 0 Å². The van der Waals surface area contributed by atoms with Gasteiger partial charge >= 0.3 is 5.69 Å². The maximum absolute atomic E-state index is 12.5. The van der Waals surface area contributed by atoms with E-state index in [1.165, 1.54) is 6.07 Å². The second kappa shape index (κ2) is 10.1. The Morgan fingerprint density at radius 2 is 2.00 bits per heavy atom. The van der Waals surface area contributed by atoms with E-state index in [-0.39, 0.29) is 17.3 Å². The van der Waals surface area contributed by atoms with Crippen LogP contribution in [-0.4, -0.2) is 42.4 Å². The average molecular weight is 471 g/mol. The molecule has 0 saturated carbocycles. The van der Waals surface area contributed by atoms with Gasteiger partial charge in [0.1, 0.15) is 0 Å². The van der Waals surface area contributed by atoms with Crippen molar-refractivity contribution in [2.24, 2.45) is 7.05 Å². The highest BCUT2D eigenvalue weighted by atomic mass is 32.2. The zero-order valence-corrected chi connectivity index (χ0v) is 18.9. The van der Waals surface area contributed by atoms with Crippen molar-refractivity contribution < 1.29 is 19.6 Å². The number of carbonyl (C=O) groups is 2. The summed E-state index contributed by atoms with van der Waals surface area (Å²) in [4.78, 5) is 34.9. The fourth-order valence-electron chi connectivity index (χ4n) is 3.03. The predicted molar refractivity (Wildman–Crippen MR) is 122 cm³/mol. The first-order valence-corrected chi connectivity index (χ1v) is 10.8. The number of nitro benzene ring substituents is 1. The molecule has 33 heavy (non-hydrogen) atoms. The molecule has 0 aliphatic carbocycles. The van der Waals surface area contributed by atoms with Crippen LogP contribution in [0, 0.1) is 17.0 Å². The molecule has 0 aliphatic rings. The summed E-state index contributed by atoms with van der Waals surface area (Å²) in [5, 5.41) is 34.5. The normalized spacial score (nSPS) is 11.6. The molecule has 0 fully saturated rings. The monoisotopic (exact) mass is 470 g/mol. The number of amides is 2. The van der Waals surface area contributed by atoms with Crippen LogP contribution in [0.3, 0.4) is 0 Å². The minimum atomic E-state index is -0.736. The van der Waals surface area contributed by atoms with Crippen LogP contribution in [0.5, 0.6) is 5.75 Å². The minimum Gasteiger partial charge on any atom is -0.502 e. The van der Waals surface area contributed by atoms with Gasteiger partial charge in [-0.3, -0.25) is 19.7 Å².